The Kier molecular flexibility index (Phi) is 6.21. The van der Waals surface area contributed by atoms with Gasteiger partial charge in [0.1, 0.15) is 11.5 Å². The van der Waals surface area contributed by atoms with Crippen molar-refractivity contribution in [3.05, 3.63) is 90.1 Å². The van der Waals surface area contributed by atoms with Crippen LogP contribution in [-0.4, -0.2) is 12.1 Å². The van der Waals surface area contributed by atoms with Crippen LogP contribution in [0.3, 0.4) is 0 Å². The normalized spacial score (nSPS) is 10.9. The molecule has 0 bridgehead atoms. The van der Waals surface area contributed by atoms with E-state index in [1.807, 2.05) is 78.9 Å². The molecule has 0 spiro atoms. The highest BCUT2D eigenvalue weighted by atomic mass is 16.5. The number of hydrogen-bond donors (Lipinski definition) is 0. The van der Waals surface area contributed by atoms with Crippen molar-refractivity contribution >= 4 is 5.57 Å². The number of ether oxygens (including phenoxy) is 2. The van der Waals surface area contributed by atoms with Crippen molar-refractivity contribution in [2.24, 2.45) is 0 Å². The summed E-state index contributed by atoms with van der Waals surface area (Å²) in [5.74, 6) is 2.10. The Balaban J connectivity index is 1.64. The van der Waals surface area contributed by atoms with Gasteiger partial charge in [-0.3, -0.25) is 0 Å². The number of rotatable bonds is 7. The summed E-state index contributed by atoms with van der Waals surface area (Å²) in [5, 5.41) is 9.43. The quantitative estimate of drug-likeness (QED) is 0.530. The zero-order valence-corrected chi connectivity index (χ0v) is 15.1. The van der Waals surface area contributed by atoms with Gasteiger partial charge in [-0.15, -0.1) is 0 Å². The lowest BCUT2D eigenvalue weighted by Gasteiger charge is -2.06. The predicted molar refractivity (Wildman–Crippen MR) is 106 cm³/mol. The van der Waals surface area contributed by atoms with Gasteiger partial charge in [-0.1, -0.05) is 30.3 Å². The Hall–Kier alpha value is -3.58. The van der Waals surface area contributed by atoms with Gasteiger partial charge in [0, 0.05) is 11.8 Å². The SMILES string of the molecule is COc1ccc(C(C#N)=CCCc2cccc(Oc3ccccc3)n2)cc1. The molecule has 134 valence electrons. The van der Waals surface area contributed by atoms with Crippen LogP contribution in [0.25, 0.3) is 5.57 Å². The van der Waals surface area contributed by atoms with Crippen LogP contribution in [0.4, 0.5) is 0 Å². The van der Waals surface area contributed by atoms with Crippen molar-refractivity contribution in [1.82, 2.24) is 4.98 Å². The highest BCUT2D eigenvalue weighted by Gasteiger charge is 2.03. The zero-order valence-electron chi connectivity index (χ0n) is 15.1. The number of nitriles is 1. The topological polar surface area (TPSA) is 55.1 Å². The Bertz CT molecular complexity index is 942. The smallest absolute Gasteiger partial charge is 0.219 e. The van der Waals surface area contributed by atoms with Crippen molar-refractivity contribution in [3.8, 4) is 23.4 Å². The van der Waals surface area contributed by atoms with Crippen LogP contribution in [-0.2, 0) is 6.42 Å². The van der Waals surface area contributed by atoms with Gasteiger partial charge in [0.05, 0.1) is 18.8 Å². The van der Waals surface area contributed by atoms with E-state index >= 15 is 0 Å². The summed E-state index contributed by atoms with van der Waals surface area (Å²) in [6.07, 6.45) is 3.39. The number of para-hydroxylation sites is 1. The van der Waals surface area contributed by atoms with Crippen LogP contribution < -0.4 is 9.47 Å². The second-order valence-corrected chi connectivity index (χ2v) is 5.88. The first-order valence-corrected chi connectivity index (χ1v) is 8.72. The van der Waals surface area contributed by atoms with E-state index in [1.165, 1.54) is 0 Å². The fourth-order valence-corrected chi connectivity index (χ4v) is 2.63. The van der Waals surface area contributed by atoms with Crippen LogP contribution in [0.2, 0.25) is 0 Å². The van der Waals surface area contributed by atoms with Gasteiger partial charge in [-0.2, -0.15) is 5.26 Å². The predicted octanol–water partition coefficient (Wildman–Crippen LogP) is 5.42. The van der Waals surface area contributed by atoms with Gasteiger partial charge in [0.25, 0.3) is 0 Å². The third-order valence-electron chi connectivity index (χ3n) is 4.02. The van der Waals surface area contributed by atoms with Gasteiger partial charge in [0.2, 0.25) is 5.88 Å². The van der Waals surface area contributed by atoms with E-state index in [4.69, 9.17) is 9.47 Å². The lowest BCUT2D eigenvalue weighted by atomic mass is 10.0. The van der Waals surface area contributed by atoms with Crippen molar-refractivity contribution in [3.63, 3.8) is 0 Å². The minimum atomic E-state index is 0.568. The van der Waals surface area contributed by atoms with Crippen LogP contribution in [0, 0.1) is 11.3 Å². The third-order valence-corrected chi connectivity index (χ3v) is 4.02. The molecule has 4 heteroatoms. The average Bonchev–Trinajstić information content (AvgIpc) is 2.72. The number of aryl methyl sites for hydroxylation is 1. The van der Waals surface area contributed by atoms with Crippen molar-refractivity contribution in [2.75, 3.05) is 7.11 Å². The summed E-state index contributed by atoms with van der Waals surface area (Å²) < 4.78 is 10.9. The first kappa shape index (κ1) is 18.2. The molecular formula is C23H20N2O2. The molecule has 0 aliphatic carbocycles. The molecular weight excluding hydrogens is 336 g/mol. The second kappa shape index (κ2) is 9.21. The van der Waals surface area contributed by atoms with Gasteiger partial charge in [-0.05, 0) is 60.9 Å². The second-order valence-electron chi connectivity index (χ2n) is 5.88. The molecule has 1 aromatic heterocycles. The van der Waals surface area contributed by atoms with Gasteiger partial charge >= 0.3 is 0 Å². The van der Waals surface area contributed by atoms with Gasteiger partial charge < -0.3 is 9.47 Å². The Morgan fingerprint density at radius 1 is 0.963 bits per heavy atom. The molecule has 1 heterocycles. The molecule has 3 aromatic rings. The molecule has 0 fully saturated rings. The number of methoxy groups -OCH3 is 1. The van der Waals surface area contributed by atoms with E-state index in [9.17, 15) is 5.26 Å². The van der Waals surface area contributed by atoms with E-state index in [1.54, 1.807) is 7.11 Å². The molecule has 0 saturated carbocycles. The molecule has 0 radical (unpaired) electrons. The minimum absolute atomic E-state index is 0.568. The van der Waals surface area contributed by atoms with E-state index in [2.05, 4.69) is 11.1 Å². The standard InChI is InChI=1S/C23H20N2O2/c1-26-21-15-13-18(14-16-21)19(17-24)7-5-8-20-9-6-12-23(25-20)27-22-10-3-2-4-11-22/h2-4,6-7,9-16H,5,8H2,1H3. The maximum absolute atomic E-state index is 9.43. The van der Waals surface area contributed by atoms with Gasteiger partial charge in [-0.25, -0.2) is 4.98 Å². The number of benzene rings is 2. The number of pyridine rings is 1. The first-order valence-electron chi connectivity index (χ1n) is 8.72. The van der Waals surface area contributed by atoms with Crippen molar-refractivity contribution in [1.29, 1.82) is 5.26 Å². The average molecular weight is 356 g/mol. The van der Waals surface area contributed by atoms with Crippen LogP contribution in [0.5, 0.6) is 17.4 Å². The molecule has 4 nitrogen and oxygen atoms in total. The molecule has 0 atom stereocenters. The molecule has 0 amide bonds. The Morgan fingerprint density at radius 3 is 2.44 bits per heavy atom. The molecule has 0 aliphatic rings. The summed E-state index contributed by atoms with van der Waals surface area (Å²) >= 11 is 0. The van der Waals surface area contributed by atoms with E-state index in [-0.39, 0.29) is 0 Å². The summed E-state index contributed by atoms with van der Waals surface area (Å²) in [6.45, 7) is 0. The first-order chi connectivity index (χ1) is 13.3. The summed E-state index contributed by atoms with van der Waals surface area (Å²) in [6, 6.07) is 25.1. The molecule has 0 aliphatic heterocycles. The highest BCUT2D eigenvalue weighted by Crippen LogP contribution is 2.21. The maximum Gasteiger partial charge on any atom is 0.219 e. The van der Waals surface area contributed by atoms with Gasteiger partial charge in [0.15, 0.2) is 0 Å². The zero-order chi connectivity index (χ0) is 18.9. The van der Waals surface area contributed by atoms with Crippen LogP contribution >= 0.6 is 0 Å². The van der Waals surface area contributed by atoms with E-state index in [0.29, 0.717) is 11.5 Å². The molecule has 2 aromatic carbocycles. The van der Waals surface area contributed by atoms with Crippen LogP contribution in [0.15, 0.2) is 78.9 Å². The van der Waals surface area contributed by atoms with Crippen molar-refractivity contribution in [2.45, 2.75) is 12.8 Å². The molecule has 0 N–H and O–H groups in total. The number of allylic oxidation sites excluding steroid dienone is 2. The number of hydrogen-bond acceptors (Lipinski definition) is 4. The third kappa shape index (κ3) is 5.20. The lowest BCUT2D eigenvalue weighted by molar-refractivity contribution is 0.415. The summed E-state index contributed by atoms with van der Waals surface area (Å²) in [4.78, 5) is 4.54. The minimum Gasteiger partial charge on any atom is -0.497 e. The monoisotopic (exact) mass is 356 g/mol. The van der Waals surface area contributed by atoms with E-state index < -0.39 is 0 Å². The van der Waals surface area contributed by atoms with E-state index in [0.717, 1.165) is 35.6 Å². The Morgan fingerprint density at radius 2 is 1.74 bits per heavy atom. The largest absolute Gasteiger partial charge is 0.497 e. The molecule has 0 saturated heterocycles. The summed E-state index contributed by atoms with van der Waals surface area (Å²) in [7, 11) is 1.62. The lowest BCUT2D eigenvalue weighted by Crippen LogP contribution is -1.93. The highest BCUT2D eigenvalue weighted by molar-refractivity contribution is 5.76. The van der Waals surface area contributed by atoms with Crippen molar-refractivity contribution < 1.29 is 9.47 Å². The fourth-order valence-electron chi connectivity index (χ4n) is 2.63. The number of nitrogens with zero attached hydrogens (tertiary/aromatic N) is 2. The Labute approximate surface area is 159 Å². The molecule has 0 unspecified atom stereocenters. The van der Waals surface area contributed by atoms with Crippen LogP contribution in [0.1, 0.15) is 17.7 Å². The molecule has 3 rings (SSSR count). The maximum atomic E-state index is 9.43. The summed E-state index contributed by atoms with van der Waals surface area (Å²) in [5.41, 5.74) is 2.45. The fraction of sp³-hybridized carbons (Fsp3) is 0.130. The molecule has 27 heavy (non-hydrogen) atoms. The number of aromatic nitrogens is 1.